The second kappa shape index (κ2) is 8.25. The number of allylic oxidation sites excluding steroid dienone is 1. The van der Waals surface area contributed by atoms with Crippen molar-refractivity contribution < 1.29 is 24.2 Å². The van der Waals surface area contributed by atoms with E-state index in [-0.39, 0.29) is 5.57 Å². The number of alkyl carbamates (subject to hydrolysis) is 1. The molecule has 7 heteroatoms. The second-order valence-electron chi connectivity index (χ2n) is 6.56. The fourth-order valence-electron chi connectivity index (χ4n) is 2.35. The summed E-state index contributed by atoms with van der Waals surface area (Å²) in [6.45, 7) is 8.41. The lowest BCUT2D eigenvalue weighted by Crippen LogP contribution is -2.40. The number of hydrogen-bond acceptors (Lipinski definition) is 4. The summed E-state index contributed by atoms with van der Waals surface area (Å²) in [7, 11) is 1.49. The molecule has 0 radical (unpaired) electrons. The lowest BCUT2D eigenvalue weighted by molar-refractivity contribution is -0.132. The molecule has 1 unspecified atom stereocenters. The first-order chi connectivity index (χ1) is 11.5. The molecule has 0 bridgehead atoms. The number of rotatable bonds is 5. The standard InChI is InChI=1S/C18H24ClNO5/c1-10(13-9-12(19)7-8-14(13)24-6)15(16(21)22)11(2)20-17(23)25-18(3,4)5/h7-9,11H,1-6H3,(H,20,23)(H,21,22)/b15-10+. The van der Waals surface area contributed by atoms with Crippen LogP contribution < -0.4 is 10.1 Å². The van der Waals surface area contributed by atoms with Gasteiger partial charge in [0.1, 0.15) is 11.4 Å². The summed E-state index contributed by atoms with van der Waals surface area (Å²) in [6.07, 6.45) is -0.690. The van der Waals surface area contributed by atoms with Crippen molar-refractivity contribution in [3.63, 3.8) is 0 Å². The summed E-state index contributed by atoms with van der Waals surface area (Å²) in [5.41, 5.74) is 0.328. The minimum Gasteiger partial charge on any atom is -0.496 e. The van der Waals surface area contributed by atoms with Crippen LogP contribution in [0, 0.1) is 0 Å². The summed E-state index contributed by atoms with van der Waals surface area (Å²) in [5.74, 6) is -0.659. The molecule has 0 heterocycles. The number of carboxylic acids is 1. The van der Waals surface area contributed by atoms with Crippen molar-refractivity contribution >= 4 is 29.2 Å². The molecule has 0 saturated carbocycles. The Bertz CT molecular complexity index is 691. The lowest BCUT2D eigenvalue weighted by Gasteiger charge is -2.23. The first-order valence-electron chi connectivity index (χ1n) is 7.73. The van der Waals surface area contributed by atoms with E-state index < -0.39 is 23.7 Å². The van der Waals surface area contributed by atoms with Gasteiger partial charge in [-0.25, -0.2) is 9.59 Å². The van der Waals surface area contributed by atoms with Gasteiger partial charge in [-0.1, -0.05) is 11.6 Å². The van der Waals surface area contributed by atoms with Gasteiger partial charge in [0.15, 0.2) is 0 Å². The zero-order valence-corrected chi connectivity index (χ0v) is 16.0. The molecule has 1 atom stereocenters. The third-order valence-electron chi connectivity index (χ3n) is 3.37. The summed E-state index contributed by atoms with van der Waals surface area (Å²) in [6, 6.07) is 4.15. The lowest BCUT2D eigenvalue weighted by atomic mass is 9.96. The van der Waals surface area contributed by atoms with Crippen molar-refractivity contribution in [2.75, 3.05) is 7.11 Å². The van der Waals surface area contributed by atoms with E-state index in [1.807, 2.05) is 0 Å². The number of carboxylic acid groups (broad SMARTS) is 1. The van der Waals surface area contributed by atoms with Crippen LogP contribution in [0.1, 0.15) is 40.2 Å². The van der Waals surface area contributed by atoms with Crippen molar-refractivity contribution in [1.29, 1.82) is 0 Å². The number of nitrogens with one attached hydrogen (secondary N) is 1. The highest BCUT2D eigenvalue weighted by Gasteiger charge is 2.25. The Morgan fingerprint density at radius 1 is 1.28 bits per heavy atom. The molecule has 0 spiro atoms. The Morgan fingerprint density at radius 3 is 2.36 bits per heavy atom. The highest BCUT2D eigenvalue weighted by molar-refractivity contribution is 6.30. The number of amides is 1. The van der Waals surface area contributed by atoms with E-state index in [0.29, 0.717) is 21.9 Å². The second-order valence-corrected chi connectivity index (χ2v) is 6.99. The fourth-order valence-corrected chi connectivity index (χ4v) is 2.52. The Hall–Kier alpha value is -2.21. The van der Waals surface area contributed by atoms with Crippen molar-refractivity contribution in [3.8, 4) is 5.75 Å². The predicted molar refractivity (Wildman–Crippen MR) is 97.1 cm³/mol. The minimum absolute atomic E-state index is 0.0198. The molecule has 0 fully saturated rings. The molecule has 0 saturated heterocycles. The van der Waals surface area contributed by atoms with E-state index in [9.17, 15) is 14.7 Å². The molecule has 1 aromatic rings. The van der Waals surface area contributed by atoms with Crippen LogP contribution in [0.15, 0.2) is 23.8 Å². The van der Waals surface area contributed by atoms with Crippen molar-refractivity contribution in [2.24, 2.45) is 0 Å². The molecule has 0 aliphatic carbocycles. The molecule has 0 aliphatic heterocycles. The number of carbonyl (C=O) groups excluding carboxylic acids is 1. The van der Waals surface area contributed by atoms with Crippen LogP contribution in [0.5, 0.6) is 5.75 Å². The zero-order valence-electron chi connectivity index (χ0n) is 15.3. The normalized spacial score (nSPS) is 13.6. The zero-order chi connectivity index (χ0) is 19.4. The number of carbonyl (C=O) groups is 2. The highest BCUT2D eigenvalue weighted by Crippen LogP contribution is 2.31. The predicted octanol–water partition coefficient (Wildman–Crippen LogP) is 4.12. The van der Waals surface area contributed by atoms with Gasteiger partial charge in [-0.2, -0.15) is 0 Å². The van der Waals surface area contributed by atoms with Gasteiger partial charge in [-0.15, -0.1) is 0 Å². The highest BCUT2D eigenvalue weighted by atomic mass is 35.5. The molecule has 2 N–H and O–H groups in total. The topological polar surface area (TPSA) is 84.9 Å². The average molecular weight is 370 g/mol. The summed E-state index contributed by atoms with van der Waals surface area (Å²) in [4.78, 5) is 23.7. The number of aliphatic carboxylic acids is 1. The van der Waals surface area contributed by atoms with Crippen LogP contribution in [0.4, 0.5) is 4.79 Å². The van der Waals surface area contributed by atoms with E-state index >= 15 is 0 Å². The molecular formula is C18H24ClNO5. The van der Waals surface area contributed by atoms with E-state index in [4.69, 9.17) is 21.1 Å². The molecular weight excluding hydrogens is 346 g/mol. The van der Waals surface area contributed by atoms with Gasteiger partial charge in [0.05, 0.1) is 18.7 Å². The Kier molecular flexibility index (Phi) is 6.87. The average Bonchev–Trinajstić information content (AvgIpc) is 2.44. The van der Waals surface area contributed by atoms with Crippen LogP contribution >= 0.6 is 11.6 Å². The maximum Gasteiger partial charge on any atom is 0.408 e. The smallest absolute Gasteiger partial charge is 0.408 e. The Balaban J connectivity index is 3.25. The first-order valence-corrected chi connectivity index (χ1v) is 8.11. The van der Waals surface area contributed by atoms with Crippen LogP contribution in [0.3, 0.4) is 0 Å². The van der Waals surface area contributed by atoms with Gasteiger partial charge in [0, 0.05) is 10.6 Å². The maximum absolute atomic E-state index is 11.9. The summed E-state index contributed by atoms with van der Waals surface area (Å²) < 4.78 is 10.5. The number of halogens is 1. The van der Waals surface area contributed by atoms with Gasteiger partial charge in [0.2, 0.25) is 0 Å². The van der Waals surface area contributed by atoms with Crippen LogP contribution in [0.2, 0.25) is 5.02 Å². The Labute approximate surface area is 152 Å². The van der Waals surface area contributed by atoms with E-state index in [2.05, 4.69) is 5.32 Å². The third-order valence-corrected chi connectivity index (χ3v) is 3.60. The third kappa shape index (κ3) is 5.98. The number of ether oxygens (including phenoxy) is 2. The number of methoxy groups -OCH3 is 1. The van der Waals surface area contributed by atoms with E-state index in [1.54, 1.807) is 52.8 Å². The van der Waals surface area contributed by atoms with Gasteiger partial charge in [0.25, 0.3) is 0 Å². The number of benzene rings is 1. The van der Waals surface area contributed by atoms with Gasteiger partial charge in [-0.05, 0) is 58.4 Å². The van der Waals surface area contributed by atoms with Gasteiger partial charge >= 0.3 is 12.1 Å². The molecule has 0 aliphatic rings. The summed E-state index contributed by atoms with van der Waals surface area (Å²) in [5, 5.41) is 12.6. The molecule has 138 valence electrons. The Morgan fingerprint density at radius 2 is 1.88 bits per heavy atom. The maximum atomic E-state index is 11.9. The van der Waals surface area contributed by atoms with E-state index in [0.717, 1.165) is 0 Å². The molecule has 25 heavy (non-hydrogen) atoms. The van der Waals surface area contributed by atoms with Crippen LogP contribution in [-0.4, -0.2) is 35.9 Å². The van der Waals surface area contributed by atoms with Gasteiger partial charge < -0.3 is 19.9 Å². The number of hydrogen-bond donors (Lipinski definition) is 2. The van der Waals surface area contributed by atoms with Crippen LogP contribution in [0.25, 0.3) is 5.57 Å². The summed E-state index contributed by atoms with van der Waals surface area (Å²) >= 11 is 6.02. The van der Waals surface area contributed by atoms with Crippen molar-refractivity contribution in [1.82, 2.24) is 5.32 Å². The van der Waals surface area contributed by atoms with Gasteiger partial charge in [-0.3, -0.25) is 0 Å². The van der Waals surface area contributed by atoms with Crippen LogP contribution in [-0.2, 0) is 9.53 Å². The van der Waals surface area contributed by atoms with Crippen molar-refractivity contribution in [2.45, 2.75) is 46.3 Å². The van der Waals surface area contributed by atoms with Crippen molar-refractivity contribution in [3.05, 3.63) is 34.4 Å². The SMILES string of the molecule is COc1ccc(Cl)cc1/C(C)=C(/C(=O)O)C(C)NC(=O)OC(C)(C)C. The molecule has 1 amide bonds. The first kappa shape index (κ1) is 20.8. The molecule has 6 nitrogen and oxygen atoms in total. The molecule has 1 rings (SSSR count). The quantitative estimate of drug-likeness (QED) is 0.762. The fraction of sp³-hybridized carbons (Fsp3) is 0.444. The molecule has 0 aromatic heterocycles. The largest absolute Gasteiger partial charge is 0.496 e. The monoisotopic (exact) mass is 369 g/mol. The van der Waals surface area contributed by atoms with E-state index in [1.165, 1.54) is 7.11 Å². The molecule has 1 aromatic carbocycles. The minimum atomic E-state index is -1.15.